The highest BCUT2D eigenvalue weighted by molar-refractivity contribution is 9.10. The Morgan fingerprint density at radius 3 is 2.67 bits per heavy atom. The van der Waals surface area contributed by atoms with Gasteiger partial charge in [0.05, 0.1) is 6.54 Å². The molecule has 2 heterocycles. The molecule has 0 fully saturated rings. The van der Waals surface area contributed by atoms with Crippen LogP contribution >= 0.6 is 27.3 Å². The van der Waals surface area contributed by atoms with E-state index in [1.807, 2.05) is 32.2 Å². The molecule has 1 amide bonds. The van der Waals surface area contributed by atoms with Gasteiger partial charge in [-0.3, -0.25) is 4.79 Å². The number of hydrogen-bond acceptors (Lipinski definition) is 4. The van der Waals surface area contributed by atoms with Gasteiger partial charge in [-0.2, -0.15) is 0 Å². The van der Waals surface area contributed by atoms with Gasteiger partial charge < -0.3 is 11.1 Å². The number of pyridine rings is 1. The number of amides is 1. The van der Waals surface area contributed by atoms with Crippen LogP contribution in [-0.2, 0) is 12.0 Å². The van der Waals surface area contributed by atoms with E-state index in [0.717, 1.165) is 15.0 Å². The van der Waals surface area contributed by atoms with E-state index in [4.69, 9.17) is 5.73 Å². The van der Waals surface area contributed by atoms with Gasteiger partial charge in [0.2, 0.25) is 0 Å². The van der Waals surface area contributed by atoms with Crippen molar-refractivity contribution in [3.8, 4) is 0 Å². The molecule has 0 spiro atoms. The number of nitrogens with two attached hydrogens (primary N) is 1. The van der Waals surface area contributed by atoms with Crippen LogP contribution in [-0.4, -0.2) is 10.9 Å². The first kappa shape index (κ1) is 16.0. The lowest BCUT2D eigenvalue weighted by Gasteiger charge is -2.19. The number of aromatic nitrogens is 1. The zero-order chi connectivity index (χ0) is 15.6. The number of halogens is 1. The molecule has 2 aromatic rings. The predicted octanol–water partition coefficient (Wildman–Crippen LogP) is 3.72. The molecular formula is C15H18BrN3OS. The van der Waals surface area contributed by atoms with E-state index in [-0.39, 0.29) is 11.3 Å². The molecular weight excluding hydrogens is 350 g/mol. The first-order valence-electron chi connectivity index (χ1n) is 6.55. The largest absolute Gasteiger partial charge is 0.384 e. The van der Waals surface area contributed by atoms with Gasteiger partial charge in [0.25, 0.3) is 5.91 Å². The second-order valence-corrected chi connectivity index (χ2v) is 7.74. The summed E-state index contributed by atoms with van der Waals surface area (Å²) in [6.45, 7) is 6.63. The number of nitrogen functional groups attached to an aromatic ring is 1. The second-order valence-electron chi connectivity index (χ2n) is 5.83. The van der Waals surface area contributed by atoms with E-state index >= 15 is 0 Å². The quantitative estimate of drug-likeness (QED) is 0.868. The van der Waals surface area contributed by atoms with Gasteiger partial charge >= 0.3 is 0 Å². The maximum Gasteiger partial charge on any atom is 0.251 e. The minimum absolute atomic E-state index is 0.140. The van der Waals surface area contributed by atoms with Gasteiger partial charge in [-0.1, -0.05) is 20.8 Å². The van der Waals surface area contributed by atoms with Gasteiger partial charge in [0.15, 0.2) is 0 Å². The number of anilines is 1. The van der Waals surface area contributed by atoms with Crippen LogP contribution in [0.2, 0.25) is 0 Å². The van der Waals surface area contributed by atoms with Crippen molar-refractivity contribution >= 4 is 39.0 Å². The van der Waals surface area contributed by atoms with Crippen LogP contribution in [0.25, 0.3) is 0 Å². The molecule has 3 N–H and O–H groups in total. The fourth-order valence-corrected chi connectivity index (χ4v) is 3.17. The molecule has 0 saturated heterocycles. The number of nitrogens with one attached hydrogen (secondary N) is 1. The monoisotopic (exact) mass is 367 g/mol. The summed E-state index contributed by atoms with van der Waals surface area (Å²) in [5.74, 6) is 0.227. The summed E-state index contributed by atoms with van der Waals surface area (Å²) in [5.41, 5.74) is 7.02. The Morgan fingerprint density at radius 1 is 1.38 bits per heavy atom. The molecule has 21 heavy (non-hydrogen) atoms. The van der Waals surface area contributed by atoms with Gasteiger partial charge in [-0.25, -0.2) is 4.98 Å². The minimum atomic E-state index is -0.150. The Bertz CT molecular complexity index is 661. The Labute approximate surface area is 136 Å². The Balaban J connectivity index is 2.13. The zero-order valence-electron chi connectivity index (χ0n) is 12.2. The van der Waals surface area contributed by atoms with Crippen molar-refractivity contribution in [1.82, 2.24) is 10.3 Å². The number of thiophene rings is 1. The van der Waals surface area contributed by atoms with Gasteiger partial charge in [-0.05, 0) is 34.1 Å². The number of nitrogens with zero attached hydrogens (tertiary/aromatic N) is 1. The van der Waals surface area contributed by atoms with Crippen molar-refractivity contribution in [2.24, 2.45) is 0 Å². The highest BCUT2D eigenvalue weighted by Crippen LogP contribution is 2.23. The summed E-state index contributed by atoms with van der Waals surface area (Å²) < 4.78 is 1.03. The molecule has 6 heteroatoms. The number of hydrogen-bond donors (Lipinski definition) is 2. The van der Waals surface area contributed by atoms with Crippen LogP contribution in [0.4, 0.5) is 5.82 Å². The first-order chi connectivity index (χ1) is 9.75. The van der Waals surface area contributed by atoms with Crippen molar-refractivity contribution in [3.05, 3.63) is 44.2 Å². The molecule has 0 aliphatic carbocycles. The van der Waals surface area contributed by atoms with Crippen molar-refractivity contribution < 1.29 is 4.79 Å². The molecule has 0 aliphatic rings. The number of rotatable bonds is 3. The summed E-state index contributed by atoms with van der Waals surface area (Å²) in [6.07, 6.45) is 0. The molecule has 0 aliphatic heterocycles. The van der Waals surface area contributed by atoms with Crippen LogP contribution in [0, 0.1) is 0 Å². The normalized spacial score (nSPS) is 11.4. The Kier molecular flexibility index (Phi) is 4.68. The fourth-order valence-electron chi connectivity index (χ4n) is 1.78. The summed E-state index contributed by atoms with van der Waals surface area (Å²) >= 11 is 5.00. The smallest absolute Gasteiger partial charge is 0.251 e. The summed E-state index contributed by atoms with van der Waals surface area (Å²) in [6, 6.07) is 5.40. The average Bonchev–Trinajstić information content (AvgIpc) is 2.80. The first-order valence-corrected chi connectivity index (χ1v) is 8.22. The highest BCUT2D eigenvalue weighted by atomic mass is 79.9. The summed E-state index contributed by atoms with van der Waals surface area (Å²) in [4.78, 5) is 17.6. The topological polar surface area (TPSA) is 68.0 Å². The lowest BCUT2D eigenvalue weighted by molar-refractivity contribution is 0.0951. The molecule has 0 saturated carbocycles. The van der Waals surface area contributed by atoms with Crippen LogP contribution in [0.1, 0.15) is 41.7 Å². The maximum atomic E-state index is 12.3. The molecule has 0 aromatic carbocycles. The summed E-state index contributed by atoms with van der Waals surface area (Å²) in [5, 5.41) is 4.89. The van der Waals surface area contributed by atoms with Crippen LogP contribution in [0.3, 0.4) is 0 Å². The van der Waals surface area contributed by atoms with Gasteiger partial charge in [0.1, 0.15) is 5.82 Å². The van der Waals surface area contributed by atoms with E-state index in [9.17, 15) is 4.79 Å². The van der Waals surface area contributed by atoms with Crippen LogP contribution < -0.4 is 11.1 Å². The molecule has 4 nitrogen and oxygen atoms in total. The lowest BCUT2D eigenvalue weighted by Crippen LogP contribution is -2.24. The SMILES string of the molecule is CC(C)(C)c1cc(C(=O)NCc2cc(Br)cs2)cc(N)n1. The third-order valence-electron chi connectivity index (χ3n) is 2.92. The standard InChI is InChI=1S/C15H18BrN3OS/c1-15(2,3)12-4-9(5-13(17)19-12)14(20)18-7-11-6-10(16)8-21-11/h4-6,8H,7H2,1-3H3,(H2,17,19)(H,18,20). The van der Waals surface area contributed by atoms with Crippen molar-refractivity contribution in [2.45, 2.75) is 32.7 Å². The average molecular weight is 368 g/mol. The van der Waals surface area contributed by atoms with Crippen LogP contribution in [0.15, 0.2) is 28.1 Å². The molecule has 0 unspecified atom stereocenters. The van der Waals surface area contributed by atoms with Gasteiger partial charge in [-0.15, -0.1) is 11.3 Å². The van der Waals surface area contributed by atoms with Crippen molar-refractivity contribution in [2.75, 3.05) is 5.73 Å². The van der Waals surface area contributed by atoms with E-state index in [1.165, 1.54) is 0 Å². The Morgan fingerprint density at radius 2 is 2.10 bits per heavy atom. The van der Waals surface area contributed by atoms with Gasteiger partial charge in [0, 0.05) is 31.4 Å². The molecule has 2 rings (SSSR count). The second kappa shape index (κ2) is 6.15. The van der Waals surface area contributed by atoms with E-state index in [2.05, 4.69) is 26.2 Å². The fraction of sp³-hybridized carbons (Fsp3) is 0.333. The lowest BCUT2D eigenvalue weighted by atomic mass is 9.90. The molecule has 0 radical (unpaired) electrons. The van der Waals surface area contributed by atoms with E-state index in [1.54, 1.807) is 23.5 Å². The van der Waals surface area contributed by atoms with Crippen molar-refractivity contribution in [1.29, 1.82) is 0 Å². The van der Waals surface area contributed by atoms with Crippen LogP contribution in [0.5, 0.6) is 0 Å². The Hall–Kier alpha value is -1.40. The third kappa shape index (κ3) is 4.28. The molecule has 2 aromatic heterocycles. The maximum absolute atomic E-state index is 12.3. The van der Waals surface area contributed by atoms with E-state index in [0.29, 0.717) is 17.9 Å². The molecule has 0 atom stereocenters. The van der Waals surface area contributed by atoms with E-state index < -0.39 is 0 Å². The number of carbonyl (C=O) groups is 1. The molecule has 112 valence electrons. The highest BCUT2D eigenvalue weighted by Gasteiger charge is 2.18. The van der Waals surface area contributed by atoms with Crippen molar-refractivity contribution in [3.63, 3.8) is 0 Å². The summed E-state index contributed by atoms with van der Waals surface area (Å²) in [7, 11) is 0. The zero-order valence-corrected chi connectivity index (χ0v) is 14.6. The predicted molar refractivity (Wildman–Crippen MR) is 90.5 cm³/mol. The third-order valence-corrected chi connectivity index (χ3v) is 4.62. The minimum Gasteiger partial charge on any atom is -0.384 e. The molecule has 0 bridgehead atoms. The number of carbonyl (C=O) groups excluding carboxylic acids is 1.